The number of para-hydroxylation sites is 2. The topological polar surface area (TPSA) is 28.2 Å². The summed E-state index contributed by atoms with van der Waals surface area (Å²) in [6, 6.07) is 8.84. The highest BCUT2D eigenvalue weighted by Crippen LogP contribution is 2.27. The Balaban J connectivity index is 2.34. The molecule has 0 radical (unpaired) electrons. The van der Waals surface area contributed by atoms with Crippen molar-refractivity contribution in [1.29, 1.82) is 0 Å². The fourth-order valence-electron chi connectivity index (χ4n) is 1.60. The van der Waals surface area contributed by atoms with E-state index >= 15 is 0 Å². The Bertz CT molecular complexity index is 558. The van der Waals surface area contributed by atoms with Crippen LogP contribution in [0.2, 0.25) is 5.02 Å². The second-order valence-electron chi connectivity index (χ2n) is 4.02. The summed E-state index contributed by atoms with van der Waals surface area (Å²) in [6.07, 6.45) is 1.41. The molecule has 94 valence electrons. The fraction of sp³-hybridized carbons (Fsp3) is 0.154. The zero-order valence-corrected chi connectivity index (χ0v) is 10.9. The van der Waals surface area contributed by atoms with Gasteiger partial charge in [0.2, 0.25) is 0 Å². The molecule has 18 heavy (non-hydrogen) atoms. The average molecular weight is 266 g/mol. The molecule has 2 rings (SSSR count). The summed E-state index contributed by atoms with van der Waals surface area (Å²) in [4.78, 5) is 5.88. The number of halogens is 2. The van der Waals surface area contributed by atoms with Crippen molar-refractivity contribution >= 4 is 28.8 Å². The molecule has 0 bridgehead atoms. The van der Waals surface area contributed by atoms with Gasteiger partial charge in [-0.3, -0.25) is 0 Å². The molecule has 1 N–H and O–H groups in total. The number of aromatic nitrogens is 1. The highest BCUT2D eigenvalue weighted by atomic mass is 35.5. The molecule has 2 aromatic rings. The smallest absolute Gasteiger partial charge is 0.167 e. The highest BCUT2D eigenvalue weighted by Gasteiger charge is 2.08. The molecule has 0 atom stereocenters. The summed E-state index contributed by atoms with van der Waals surface area (Å²) in [5.41, 5.74) is 1.74. The summed E-state index contributed by atoms with van der Waals surface area (Å²) >= 11 is 5.66. The Morgan fingerprint density at radius 2 is 2.00 bits per heavy atom. The number of rotatable bonds is 3. The van der Waals surface area contributed by atoms with E-state index in [1.807, 2.05) is 43.3 Å². The molecule has 0 saturated heterocycles. The van der Waals surface area contributed by atoms with Crippen LogP contribution >= 0.6 is 11.6 Å². The standard InChI is InChI=1S/C13H13ClFN3/c1-18(2)12-6-4-3-5-11(12)17-13-10(15)7-9(14)8-16-13/h3-8H,1-2H3,(H,16,17). The van der Waals surface area contributed by atoms with Crippen molar-refractivity contribution < 1.29 is 4.39 Å². The third kappa shape index (κ3) is 2.71. The summed E-state index contributed by atoms with van der Waals surface area (Å²) in [5, 5.41) is 3.24. The monoisotopic (exact) mass is 265 g/mol. The quantitative estimate of drug-likeness (QED) is 0.918. The summed E-state index contributed by atoms with van der Waals surface area (Å²) in [6.45, 7) is 0. The van der Waals surface area contributed by atoms with E-state index in [1.54, 1.807) is 0 Å². The predicted octanol–water partition coefficient (Wildman–Crippen LogP) is 3.68. The zero-order chi connectivity index (χ0) is 13.1. The minimum Gasteiger partial charge on any atom is -0.376 e. The SMILES string of the molecule is CN(C)c1ccccc1Nc1ncc(Cl)cc1F. The van der Waals surface area contributed by atoms with Gasteiger partial charge in [-0.05, 0) is 18.2 Å². The summed E-state index contributed by atoms with van der Waals surface area (Å²) in [7, 11) is 3.85. The minimum absolute atomic E-state index is 0.161. The lowest BCUT2D eigenvalue weighted by molar-refractivity contribution is 0.626. The Morgan fingerprint density at radius 3 is 2.67 bits per heavy atom. The Kier molecular flexibility index (Phi) is 3.67. The van der Waals surface area contributed by atoms with Gasteiger partial charge >= 0.3 is 0 Å². The highest BCUT2D eigenvalue weighted by molar-refractivity contribution is 6.30. The Labute approximate surface area is 110 Å². The van der Waals surface area contributed by atoms with Gasteiger partial charge in [0.25, 0.3) is 0 Å². The number of anilines is 3. The van der Waals surface area contributed by atoms with Crippen molar-refractivity contribution in [3.05, 3.63) is 47.4 Å². The van der Waals surface area contributed by atoms with Crippen LogP contribution in [-0.2, 0) is 0 Å². The molecule has 5 heteroatoms. The third-order valence-electron chi connectivity index (χ3n) is 2.45. The maximum absolute atomic E-state index is 13.6. The van der Waals surface area contributed by atoms with Gasteiger partial charge in [0.1, 0.15) is 0 Å². The van der Waals surface area contributed by atoms with Crippen molar-refractivity contribution in [1.82, 2.24) is 4.98 Å². The molecule has 0 saturated carbocycles. The molecule has 0 aliphatic heterocycles. The molecular weight excluding hydrogens is 253 g/mol. The lowest BCUT2D eigenvalue weighted by Crippen LogP contribution is -2.11. The van der Waals surface area contributed by atoms with Crippen LogP contribution < -0.4 is 10.2 Å². The van der Waals surface area contributed by atoms with Gasteiger partial charge in [-0.15, -0.1) is 0 Å². The van der Waals surface area contributed by atoms with Crippen LogP contribution in [0.3, 0.4) is 0 Å². The average Bonchev–Trinajstić information content (AvgIpc) is 2.33. The number of hydrogen-bond acceptors (Lipinski definition) is 3. The Morgan fingerprint density at radius 1 is 1.28 bits per heavy atom. The van der Waals surface area contributed by atoms with E-state index in [1.165, 1.54) is 12.3 Å². The number of nitrogens with one attached hydrogen (secondary N) is 1. The number of benzene rings is 1. The van der Waals surface area contributed by atoms with Gasteiger partial charge < -0.3 is 10.2 Å². The largest absolute Gasteiger partial charge is 0.376 e. The van der Waals surface area contributed by atoms with Gasteiger partial charge in [-0.25, -0.2) is 9.37 Å². The molecule has 3 nitrogen and oxygen atoms in total. The van der Waals surface area contributed by atoms with Crippen LogP contribution in [0, 0.1) is 5.82 Å². The van der Waals surface area contributed by atoms with Crippen LogP contribution in [0.25, 0.3) is 0 Å². The second-order valence-corrected chi connectivity index (χ2v) is 4.46. The first-order valence-electron chi connectivity index (χ1n) is 5.42. The van der Waals surface area contributed by atoms with E-state index < -0.39 is 5.82 Å². The van der Waals surface area contributed by atoms with E-state index in [-0.39, 0.29) is 10.8 Å². The lowest BCUT2D eigenvalue weighted by Gasteiger charge is -2.18. The van der Waals surface area contributed by atoms with Crippen molar-refractivity contribution in [3.63, 3.8) is 0 Å². The predicted molar refractivity (Wildman–Crippen MR) is 73.3 cm³/mol. The van der Waals surface area contributed by atoms with Crippen LogP contribution in [0.15, 0.2) is 36.5 Å². The number of hydrogen-bond donors (Lipinski definition) is 1. The van der Waals surface area contributed by atoms with Gasteiger partial charge in [0, 0.05) is 20.3 Å². The van der Waals surface area contributed by atoms with Crippen molar-refractivity contribution in [3.8, 4) is 0 Å². The van der Waals surface area contributed by atoms with Crippen LogP contribution in [-0.4, -0.2) is 19.1 Å². The first-order chi connectivity index (χ1) is 8.58. The second kappa shape index (κ2) is 5.23. The molecule has 1 aromatic heterocycles. The molecule has 0 aliphatic carbocycles. The van der Waals surface area contributed by atoms with Gasteiger partial charge in [0.05, 0.1) is 16.4 Å². The van der Waals surface area contributed by atoms with Crippen molar-refractivity contribution in [2.75, 3.05) is 24.3 Å². The van der Waals surface area contributed by atoms with Gasteiger partial charge in [0.15, 0.2) is 11.6 Å². The van der Waals surface area contributed by atoms with E-state index in [0.717, 1.165) is 11.4 Å². The van der Waals surface area contributed by atoms with Crippen LogP contribution in [0.1, 0.15) is 0 Å². The lowest BCUT2D eigenvalue weighted by atomic mass is 10.2. The fourth-order valence-corrected chi connectivity index (χ4v) is 1.75. The molecule has 0 spiro atoms. The molecular formula is C13H13ClFN3. The molecule has 1 aromatic carbocycles. The van der Waals surface area contributed by atoms with Crippen molar-refractivity contribution in [2.45, 2.75) is 0 Å². The van der Waals surface area contributed by atoms with E-state index in [2.05, 4.69) is 10.3 Å². The van der Waals surface area contributed by atoms with E-state index in [0.29, 0.717) is 0 Å². The van der Waals surface area contributed by atoms with Gasteiger partial charge in [-0.2, -0.15) is 0 Å². The Hall–Kier alpha value is -1.81. The summed E-state index contributed by atoms with van der Waals surface area (Å²) < 4.78 is 13.6. The molecule has 0 amide bonds. The molecule has 0 unspecified atom stereocenters. The maximum atomic E-state index is 13.6. The maximum Gasteiger partial charge on any atom is 0.167 e. The zero-order valence-electron chi connectivity index (χ0n) is 10.1. The molecule has 1 heterocycles. The van der Waals surface area contributed by atoms with Crippen LogP contribution in [0.4, 0.5) is 21.6 Å². The first-order valence-corrected chi connectivity index (χ1v) is 5.80. The van der Waals surface area contributed by atoms with E-state index in [4.69, 9.17) is 11.6 Å². The molecule has 0 fully saturated rings. The molecule has 0 aliphatic rings. The number of pyridine rings is 1. The third-order valence-corrected chi connectivity index (χ3v) is 2.65. The van der Waals surface area contributed by atoms with Crippen LogP contribution in [0.5, 0.6) is 0 Å². The summed E-state index contributed by atoms with van der Waals surface area (Å²) in [5.74, 6) is -0.315. The minimum atomic E-state index is -0.476. The normalized spacial score (nSPS) is 10.2. The first kappa shape index (κ1) is 12.6. The van der Waals surface area contributed by atoms with Gasteiger partial charge in [-0.1, -0.05) is 23.7 Å². The number of nitrogens with zero attached hydrogens (tertiary/aromatic N) is 2. The van der Waals surface area contributed by atoms with Crippen molar-refractivity contribution in [2.24, 2.45) is 0 Å². The van der Waals surface area contributed by atoms with E-state index in [9.17, 15) is 4.39 Å².